The Bertz CT molecular complexity index is 903. The molecule has 0 amide bonds. The summed E-state index contributed by atoms with van der Waals surface area (Å²) in [6.07, 6.45) is 6.50. The van der Waals surface area contributed by atoms with Crippen molar-refractivity contribution in [1.82, 2.24) is 4.90 Å². The van der Waals surface area contributed by atoms with E-state index in [4.69, 9.17) is 0 Å². The first-order valence-electron chi connectivity index (χ1n) is 8.79. The predicted molar refractivity (Wildman–Crippen MR) is 111 cm³/mol. The monoisotopic (exact) mass is 428 g/mol. The van der Waals surface area contributed by atoms with Gasteiger partial charge in [-0.25, -0.2) is 4.39 Å². The van der Waals surface area contributed by atoms with Gasteiger partial charge in [-0.2, -0.15) is 0 Å². The first kappa shape index (κ1) is 19.4. The van der Waals surface area contributed by atoms with Crippen LogP contribution in [0.2, 0.25) is 0 Å². The van der Waals surface area contributed by atoms with Gasteiger partial charge in [0.1, 0.15) is 5.82 Å². The Morgan fingerprint density at radius 2 is 2.00 bits per heavy atom. The predicted octanol–water partition coefficient (Wildman–Crippen LogP) is 5.63. The zero-order valence-corrected chi connectivity index (χ0v) is 16.9. The van der Waals surface area contributed by atoms with E-state index < -0.39 is 0 Å². The molecule has 0 saturated heterocycles. The van der Waals surface area contributed by atoms with Crippen molar-refractivity contribution in [3.8, 4) is 0 Å². The quantitative estimate of drug-likeness (QED) is 0.380. The van der Waals surface area contributed by atoms with Crippen LogP contribution in [-0.4, -0.2) is 29.4 Å². The number of allylic oxidation sites excluding steroid dienone is 2. The van der Waals surface area contributed by atoms with Crippen molar-refractivity contribution in [3.63, 3.8) is 0 Å². The molecule has 0 fully saturated rings. The SMILES string of the molecule is Cc1cc(F)ccc1C(C/C(=N\O)C1=CN(C)CC=C1)c1ccc(Br)cc1. The van der Waals surface area contributed by atoms with Crippen molar-refractivity contribution < 1.29 is 9.60 Å². The molecule has 0 aromatic heterocycles. The lowest BCUT2D eigenvalue weighted by Crippen LogP contribution is -2.19. The van der Waals surface area contributed by atoms with E-state index in [0.717, 1.165) is 33.3 Å². The first-order chi connectivity index (χ1) is 13.0. The first-order valence-corrected chi connectivity index (χ1v) is 9.58. The molecule has 1 heterocycles. The Morgan fingerprint density at radius 1 is 1.26 bits per heavy atom. The minimum Gasteiger partial charge on any atom is -0.411 e. The lowest BCUT2D eigenvalue weighted by atomic mass is 9.83. The van der Waals surface area contributed by atoms with Crippen molar-refractivity contribution in [2.45, 2.75) is 19.3 Å². The number of benzene rings is 2. The van der Waals surface area contributed by atoms with E-state index in [2.05, 4.69) is 21.1 Å². The van der Waals surface area contributed by atoms with E-state index in [-0.39, 0.29) is 11.7 Å². The molecule has 0 radical (unpaired) electrons. The van der Waals surface area contributed by atoms with Crippen LogP contribution in [-0.2, 0) is 0 Å². The number of aryl methyl sites for hydroxylation is 1. The highest BCUT2D eigenvalue weighted by Gasteiger charge is 2.22. The van der Waals surface area contributed by atoms with Crippen LogP contribution in [0.4, 0.5) is 4.39 Å². The maximum Gasteiger partial charge on any atom is 0.123 e. The van der Waals surface area contributed by atoms with Crippen molar-refractivity contribution in [2.75, 3.05) is 13.6 Å². The molecular weight excluding hydrogens is 407 g/mol. The third-order valence-corrected chi connectivity index (χ3v) is 5.31. The van der Waals surface area contributed by atoms with Crippen molar-refractivity contribution in [3.05, 3.63) is 93.4 Å². The van der Waals surface area contributed by atoms with Gasteiger partial charge in [-0.3, -0.25) is 0 Å². The Morgan fingerprint density at radius 3 is 2.63 bits per heavy atom. The smallest absolute Gasteiger partial charge is 0.123 e. The van der Waals surface area contributed by atoms with Gasteiger partial charge in [-0.15, -0.1) is 0 Å². The maximum atomic E-state index is 13.6. The molecule has 3 nitrogen and oxygen atoms in total. The molecule has 2 aromatic rings. The number of nitrogens with zero attached hydrogens (tertiary/aromatic N) is 2. The lowest BCUT2D eigenvalue weighted by Gasteiger charge is -2.23. The molecule has 5 heteroatoms. The minimum absolute atomic E-state index is 0.0499. The van der Waals surface area contributed by atoms with Gasteiger partial charge in [0.2, 0.25) is 0 Å². The van der Waals surface area contributed by atoms with Crippen LogP contribution in [0.1, 0.15) is 29.0 Å². The Balaban J connectivity index is 2.01. The number of hydrogen-bond donors (Lipinski definition) is 1. The fourth-order valence-corrected chi connectivity index (χ4v) is 3.66. The number of rotatable bonds is 5. The van der Waals surface area contributed by atoms with E-state index in [1.807, 2.05) is 67.6 Å². The molecule has 0 aliphatic carbocycles. The van der Waals surface area contributed by atoms with Crippen molar-refractivity contribution in [2.24, 2.45) is 5.16 Å². The Labute approximate surface area is 167 Å². The minimum atomic E-state index is -0.249. The third-order valence-electron chi connectivity index (χ3n) is 4.78. The average molecular weight is 429 g/mol. The van der Waals surface area contributed by atoms with E-state index in [1.165, 1.54) is 6.07 Å². The molecular formula is C22H22BrFN2O. The molecule has 0 bridgehead atoms. The molecule has 1 aliphatic rings. The molecule has 1 N–H and O–H groups in total. The summed E-state index contributed by atoms with van der Waals surface area (Å²) in [6, 6.07) is 12.9. The van der Waals surface area contributed by atoms with Crippen LogP contribution in [0.5, 0.6) is 0 Å². The number of oxime groups is 1. The van der Waals surface area contributed by atoms with Gasteiger partial charge in [0, 0.05) is 42.2 Å². The third kappa shape index (κ3) is 4.66. The van der Waals surface area contributed by atoms with Crippen molar-refractivity contribution >= 4 is 21.6 Å². The second kappa shape index (κ2) is 8.53. The highest BCUT2D eigenvalue weighted by atomic mass is 79.9. The maximum absolute atomic E-state index is 13.6. The van der Waals surface area contributed by atoms with Gasteiger partial charge in [0.25, 0.3) is 0 Å². The normalized spacial score (nSPS) is 15.6. The van der Waals surface area contributed by atoms with Crippen LogP contribution >= 0.6 is 15.9 Å². The summed E-state index contributed by atoms with van der Waals surface area (Å²) >= 11 is 3.47. The van der Waals surface area contributed by atoms with Gasteiger partial charge >= 0.3 is 0 Å². The fraction of sp³-hybridized carbons (Fsp3) is 0.227. The van der Waals surface area contributed by atoms with E-state index in [9.17, 15) is 9.60 Å². The fourth-order valence-electron chi connectivity index (χ4n) is 3.39. The van der Waals surface area contributed by atoms with Crippen LogP contribution in [0.3, 0.4) is 0 Å². The average Bonchev–Trinajstić information content (AvgIpc) is 2.64. The van der Waals surface area contributed by atoms with Crippen LogP contribution in [0, 0.1) is 12.7 Å². The van der Waals surface area contributed by atoms with Crippen LogP contribution in [0.15, 0.2) is 76.0 Å². The zero-order valence-electron chi connectivity index (χ0n) is 15.4. The largest absolute Gasteiger partial charge is 0.411 e. The van der Waals surface area contributed by atoms with Gasteiger partial charge < -0.3 is 10.1 Å². The summed E-state index contributed by atoms with van der Waals surface area (Å²) in [5.74, 6) is -0.299. The summed E-state index contributed by atoms with van der Waals surface area (Å²) in [4.78, 5) is 2.04. The molecule has 140 valence electrons. The number of hydrogen-bond acceptors (Lipinski definition) is 3. The van der Waals surface area contributed by atoms with E-state index >= 15 is 0 Å². The number of likely N-dealkylation sites (N-methyl/N-ethyl adjacent to an activating group) is 1. The summed E-state index contributed by atoms with van der Waals surface area (Å²) < 4.78 is 14.6. The van der Waals surface area contributed by atoms with E-state index in [1.54, 1.807) is 6.07 Å². The second-order valence-corrected chi connectivity index (χ2v) is 7.70. The molecule has 3 rings (SSSR count). The highest BCUT2D eigenvalue weighted by molar-refractivity contribution is 9.10. The molecule has 0 spiro atoms. The standard InChI is InChI=1S/C22H22BrFN2O/c1-15-12-19(24)9-10-20(15)21(16-5-7-18(23)8-6-16)13-22(25-27)17-4-3-11-26(2)14-17/h3-10,12,14,21,27H,11,13H2,1-2H3/b25-22+. The Hall–Kier alpha value is -2.40. The lowest BCUT2D eigenvalue weighted by molar-refractivity contribution is 0.317. The topological polar surface area (TPSA) is 35.8 Å². The highest BCUT2D eigenvalue weighted by Crippen LogP contribution is 2.33. The number of halogens is 2. The molecule has 1 atom stereocenters. The van der Waals surface area contributed by atoms with Gasteiger partial charge in [-0.05, 0) is 47.9 Å². The molecule has 27 heavy (non-hydrogen) atoms. The van der Waals surface area contributed by atoms with Crippen LogP contribution in [0.25, 0.3) is 0 Å². The molecule has 1 unspecified atom stereocenters. The van der Waals surface area contributed by atoms with Gasteiger partial charge in [0.05, 0.1) is 5.71 Å². The molecule has 1 aliphatic heterocycles. The summed E-state index contributed by atoms with van der Waals surface area (Å²) in [5.41, 5.74) is 4.48. The molecule has 2 aromatic carbocycles. The van der Waals surface area contributed by atoms with Gasteiger partial charge in [0.15, 0.2) is 0 Å². The second-order valence-electron chi connectivity index (χ2n) is 6.78. The molecule has 0 saturated carbocycles. The van der Waals surface area contributed by atoms with Crippen molar-refractivity contribution in [1.29, 1.82) is 0 Å². The summed E-state index contributed by atoms with van der Waals surface area (Å²) in [6.45, 7) is 2.74. The van der Waals surface area contributed by atoms with Gasteiger partial charge in [-0.1, -0.05) is 51.4 Å². The van der Waals surface area contributed by atoms with E-state index in [0.29, 0.717) is 12.1 Å². The van der Waals surface area contributed by atoms with Crippen LogP contribution < -0.4 is 0 Å². The summed E-state index contributed by atoms with van der Waals surface area (Å²) in [7, 11) is 1.98. The zero-order chi connectivity index (χ0) is 19.4. The summed E-state index contributed by atoms with van der Waals surface area (Å²) in [5, 5.41) is 13.3. The Kier molecular flexibility index (Phi) is 6.11.